The normalized spacial score (nSPS) is 27.2. The van der Waals surface area contributed by atoms with Gasteiger partial charge in [-0.1, -0.05) is 0 Å². The highest BCUT2D eigenvalue weighted by Crippen LogP contribution is 2.45. The van der Waals surface area contributed by atoms with E-state index in [0.717, 1.165) is 0 Å². The number of nitrogens with two attached hydrogens (primary N) is 1. The van der Waals surface area contributed by atoms with Crippen LogP contribution < -0.4 is 5.73 Å². The number of thioether (sulfide) groups is 1. The number of aliphatic hydroxyl groups excluding tert-OH is 1. The van der Waals surface area contributed by atoms with Crippen LogP contribution in [0.4, 0.5) is 0 Å². The summed E-state index contributed by atoms with van der Waals surface area (Å²) in [6, 6.07) is -0.182. The van der Waals surface area contributed by atoms with Gasteiger partial charge < -0.3 is 20.8 Å². The molecule has 0 aromatic carbocycles. The first-order valence-electron chi connectivity index (χ1n) is 5.35. The van der Waals surface area contributed by atoms with Crippen LogP contribution in [0.2, 0.25) is 0 Å². The van der Waals surface area contributed by atoms with Gasteiger partial charge in [0.25, 0.3) is 0 Å². The molecule has 1 unspecified atom stereocenters. The van der Waals surface area contributed by atoms with E-state index in [9.17, 15) is 9.59 Å². The largest absolute Gasteiger partial charge is 0.477 e. The van der Waals surface area contributed by atoms with Gasteiger partial charge in [-0.05, 0) is 0 Å². The first-order valence-corrected chi connectivity index (χ1v) is 6.33. The molecule has 0 spiro atoms. The first kappa shape index (κ1) is 12.4. The predicted octanol–water partition coefficient (Wildman–Crippen LogP) is -0.802. The number of carbonyl (C=O) groups excluding carboxylic acids is 1. The van der Waals surface area contributed by atoms with Crippen molar-refractivity contribution in [3.63, 3.8) is 0 Å². The molecule has 0 aliphatic carbocycles. The van der Waals surface area contributed by atoms with Crippen LogP contribution in [0.5, 0.6) is 0 Å². The van der Waals surface area contributed by atoms with E-state index in [4.69, 9.17) is 15.9 Å². The summed E-state index contributed by atoms with van der Waals surface area (Å²) in [5.41, 5.74) is 5.45. The molecule has 2 aliphatic heterocycles. The maximum atomic E-state index is 11.6. The van der Waals surface area contributed by atoms with Gasteiger partial charge in [-0.25, -0.2) is 4.79 Å². The summed E-state index contributed by atoms with van der Waals surface area (Å²) >= 11 is 1.38. The van der Waals surface area contributed by atoms with E-state index >= 15 is 0 Å². The van der Waals surface area contributed by atoms with Crippen LogP contribution in [0.1, 0.15) is 6.42 Å². The monoisotopic (exact) mass is 258 g/mol. The number of hydrogen-bond donors (Lipinski definition) is 3. The zero-order chi connectivity index (χ0) is 12.6. The molecule has 17 heavy (non-hydrogen) atoms. The van der Waals surface area contributed by atoms with Gasteiger partial charge in [0.15, 0.2) is 0 Å². The minimum Gasteiger partial charge on any atom is -0.477 e. The lowest BCUT2D eigenvalue weighted by atomic mass is 9.88. The van der Waals surface area contributed by atoms with Gasteiger partial charge in [-0.2, -0.15) is 0 Å². The Bertz CT molecular complexity index is 396. The van der Waals surface area contributed by atoms with Crippen molar-refractivity contribution in [1.29, 1.82) is 0 Å². The Morgan fingerprint density at radius 2 is 2.29 bits per heavy atom. The van der Waals surface area contributed by atoms with Crippen molar-refractivity contribution in [1.82, 2.24) is 4.90 Å². The molecule has 0 aromatic heterocycles. The van der Waals surface area contributed by atoms with Crippen LogP contribution >= 0.6 is 11.8 Å². The van der Waals surface area contributed by atoms with Crippen LogP contribution in [-0.4, -0.2) is 51.9 Å². The zero-order valence-corrected chi connectivity index (χ0v) is 9.94. The quantitative estimate of drug-likeness (QED) is 0.558. The standard InChI is InChI=1S/C10H14N2O4S/c11-1-2-17-7-3-6-5(4-13)9(14)12(6)8(7)10(15)16/h5-6,13H,1-4,11H2,(H,15,16)/t5-,6?/m1/s1. The lowest BCUT2D eigenvalue weighted by molar-refractivity contribution is -0.157. The molecular weight excluding hydrogens is 244 g/mol. The summed E-state index contributed by atoms with van der Waals surface area (Å²) < 4.78 is 0. The minimum atomic E-state index is -1.09. The molecule has 1 amide bonds. The summed E-state index contributed by atoms with van der Waals surface area (Å²) in [5.74, 6) is -1.19. The topological polar surface area (TPSA) is 104 Å². The number of hydrogen-bond acceptors (Lipinski definition) is 5. The molecule has 0 aromatic rings. The summed E-state index contributed by atoms with van der Waals surface area (Å²) in [5, 5.41) is 18.2. The van der Waals surface area contributed by atoms with E-state index < -0.39 is 11.9 Å². The second-order valence-electron chi connectivity index (χ2n) is 3.98. The Morgan fingerprint density at radius 1 is 1.59 bits per heavy atom. The van der Waals surface area contributed by atoms with Crippen molar-refractivity contribution in [2.45, 2.75) is 12.5 Å². The van der Waals surface area contributed by atoms with E-state index in [1.54, 1.807) is 0 Å². The van der Waals surface area contributed by atoms with Crippen LogP contribution in [0.15, 0.2) is 10.6 Å². The second kappa shape index (κ2) is 4.67. The number of carboxylic acid groups (broad SMARTS) is 1. The van der Waals surface area contributed by atoms with Crippen molar-refractivity contribution in [2.24, 2.45) is 11.7 Å². The molecule has 2 rings (SSSR count). The number of aliphatic hydroxyl groups is 1. The van der Waals surface area contributed by atoms with E-state index in [1.165, 1.54) is 16.7 Å². The van der Waals surface area contributed by atoms with Gasteiger partial charge in [0, 0.05) is 23.6 Å². The van der Waals surface area contributed by atoms with E-state index in [-0.39, 0.29) is 24.3 Å². The minimum absolute atomic E-state index is 0.0724. The average molecular weight is 258 g/mol. The number of rotatable bonds is 5. The number of fused-ring (bicyclic) bond motifs is 1. The van der Waals surface area contributed by atoms with Crippen molar-refractivity contribution < 1.29 is 19.8 Å². The Morgan fingerprint density at radius 3 is 2.82 bits per heavy atom. The van der Waals surface area contributed by atoms with E-state index in [0.29, 0.717) is 23.6 Å². The van der Waals surface area contributed by atoms with Gasteiger partial charge in [0.2, 0.25) is 5.91 Å². The summed E-state index contributed by atoms with van der Waals surface area (Å²) in [4.78, 5) is 24.8. The molecule has 7 heteroatoms. The second-order valence-corrected chi connectivity index (χ2v) is 5.17. The molecule has 1 fully saturated rings. The van der Waals surface area contributed by atoms with Gasteiger partial charge in [-0.3, -0.25) is 4.79 Å². The fourth-order valence-electron chi connectivity index (χ4n) is 2.27. The molecule has 0 saturated carbocycles. The predicted molar refractivity (Wildman–Crippen MR) is 62.0 cm³/mol. The van der Waals surface area contributed by atoms with Gasteiger partial charge in [-0.15, -0.1) is 11.8 Å². The molecule has 2 atom stereocenters. The summed E-state index contributed by atoms with van der Waals surface area (Å²) in [6.45, 7) is 0.241. The number of amides is 1. The highest BCUT2D eigenvalue weighted by Gasteiger charge is 2.54. The molecule has 0 bridgehead atoms. The summed E-state index contributed by atoms with van der Waals surface area (Å²) in [7, 11) is 0. The SMILES string of the molecule is NCCSC1=C(C(=O)O)N2C(=O)[C@H](CO)C2C1. The molecule has 1 saturated heterocycles. The maximum absolute atomic E-state index is 11.6. The van der Waals surface area contributed by atoms with E-state index in [1.807, 2.05) is 0 Å². The average Bonchev–Trinajstić information content (AvgIpc) is 2.62. The Labute approximate surface area is 102 Å². The zero-order valence-electron chi connectivity index (χ0n) is 9.13. The van der Waals surface area contributed by atoms with Crippen molar-refractivity contribution in [2.75, 3.05) is 18.9 Å². The van der Waals surface area contributed by atoms with Crippen molar-refractivity contribution >= 4 is 23.6 Å². The van der Waals surface area contributed by atoms with Gasteiger partial charge >= 0.3 is 5.97 Å². The molecule has 2 heterocycles. The van der Waals surface area contributed by atoms with Crippen LogP contribution in [0, 0.1) is 5.92 Å². The number of carboxylic acids is 1. The molecule has 0 radical (unpaired) electrons. The third kappa shape index (κ3) is 1.84. The molecule has 2 aliphatic rings. The van der Waals surface area contributed by atoms with Crippen molar-refractivity contribution in [3.05, 3.63) is 10.6 Å². The number of aliphatic carboxylic acids is 1. The summed E-state index contributed by atoms with van der Waals surface area (Å²) in [6.07, 6.45) is 0.517. The van der Waals surface area contributed by atoms with Crippen LogP contribution in [-0.2, 0) is 9.59 Å². The fourth-order valence-corrected chi connectivity index (χ4v) is 3.24. The lowest BCUT2D eigenvalue weighted by Gasteiger charge is -2.42. The Kier molecular flexibility index (Phi) is 3.41. The third-order valence-electron chi connectivity index (χ3n) is 3.04. The maximum Gasteiger partial charge on any atom is 0.353 e. The molecule has 94 valence electrons. The highest BCUT2D eigenvalue weighted by molar-refractivity contribution is 8.03. The van der Waals surface area contributed by atoms with Gasteiger partial charge in [0.1, 0.15) is 5.70 Å². The highest BCUT2D eigenvalue weighted by atomic mass is 32.2. The third-order valence-corrected chi connectivity index (χ3v) is 4.19. The van der Waals surface area contributed by atoms with Crippen LogP contribution in [0.3, 0.4) is 0 Å². The number of carbonyl (C=O) groups is 2. The first-order chi connectivity index (χ1) is 8.11. The van der Waals surface area contributed by atoms with Crippen molar-refractivity contribution in [3.8, 4) is 0 Å². The molecular formula is C10H14N2O4S. The van der Waals surface area contributed by atoms with Gasteiger partial charge in [0.05, 0.1) is 18.6 Å². The number of β-lactam (4-membered cyclic amide) rings is 1. The van der Waals surface area contributed by atoms with E-state index in [2.05, 4.69) is 0 Å². The smallest absolute Gasteiger partial charge is 0.353 e. The lowest BCUT2D eigenvalue weighted by Crippen LogP contribution is -2.59. The number of nitrogens with zero attached hydrogens (tertiary/aromatic N) is 1. The Balaban J connectivity index is 2.20. The molecule has 6 nitrogen and oxygen atoms in total. The fraction of sp³-hybridized carbons (Fsp3) is 0.600. The molecule has 4 N–H and O–H groups in total. The Hall–Kier alpha value is -1.05. The van der Waals surface area contributed by atoms with Crippen LogP contribution in [0.25, 0.3) is 0 Å².